The number of fused-ring (bicyclic) bond motifs is 1. The molecule has 3 aromatic rings. The number of aromatic amines is 1. The highest BCUT2D eigenvalue weighted by Gasteiger charge is 2.16. The Labute approximate surface area is 135 Å². The number of aromatic nitrogens is 1. The van der Waals surface area contributed by atoms with E-state index in [2.05, 4.69) is 10.3 Å². The predicted molar refractivity (Wildman–Crippen MR) is 88.7 cm³/mol. The largest absolute Gasteiger partial charge is 0.322 e. The summed E-state index contributed by atoms with van der Waals surface area (Å²) in [4.78, 5) is 26.5. The molecule has 116 valence electrons. The molecule has 0 radical (unpaired) electrons. The van der Waals surface area contributed by atoms with Crippen molar-refractivity contribution in [2.24, 2.45) is 0 Å². The molecule has 1 heterocycles. The van der Waals surface area contributed by atoms with E-state index in [4.69, 9.17) is 11.6 Å². The van der Waals surface area contributed by atoms with Gasteiger partial charge in [-0.2, -0.15) is 0 Å². The Morgan fingerprint density at radius 1 is 1.22 bits per heavy atom. The van der Waals surface area contributed by atoms with E-state index in [9.17, 15) is 14.0 Å². The van der Waals surface area contributed by atoms with E-state index in [0.29, 0.717) is 11.2 Å². The Morgan fingerprint density at radius 2 is 2.00 bits per heavy atom. The van der Waals surface area contributed by atoms with Crippen molar-refractivity contribution < 1.29 is 9.18 Å². The van der Waals surface area contributed by atoms with Crippen molar-refractivity contribution in [3.8, 4) is 0 Å². The fraction of sp³-hybridized carbons (Fsp3) is 0.0588. The summed E-state index contributed by atoms with van der Waals surface area (Å²) in [5.74, 6) is -1.34. The monoisotopic (exact) mass is 330 g/mol. The third-order valence-electron chi connectivity index (χ3n) is 3.50. The number of H-pyrrole nitrogens is 1. The Hall–Kier alpha value is -2.66. The molecule has 3 rings (SSSR count). The number of anilines is 1. The fourth-order valence-electron chi connectivity index (χ4n) is 2.42. The average molecular weight is 331 g/mol. The second-order valence-electron chi connectivity index (χ2n) is 5.13. The lowest BCUT2D eigenvalue weighted by atomic mass is 10.1. The SMILES string of the molecule is Cc1cc(=O)[nH]c2cc(NC(=O)c3c(F)cccc3Cl)ccc12. The molecule has 23 heavy (non-hydrogen) atoms. The number of carbonyl (C=O) groups excluding carboxylic acids is 1. The van der Waals surface area contributed by atoms with E-state index >= 15 is 0 Å². The summed E-state index contributed by atoms with van der Waals surface area (Å²) >= 11 is 5.88. The lowest BCUT2D eigenvalue weighted by Gasteiger charge is -2.09. The van der Waals surface area contributed by atoms with Crippen LogP contribution in [0.1, 0.15) is 15.9 Å². The summed E-state index contributed by atoms with van der Waals surface area (Å²) in [5, 5.41) is 3.49. The molecule has 0 saturated heterocycles. The molecule has 0 fully saturated rings. The molecule has 2 N–H and O–H groups in total. The van der Waals surface area contributed by atoms with Crippen molar-refractivity contribution in [3.63, 3.8) is 0 Å². The summed E-state index contributed by atoms with van der Waals surface area (Å²) in [6, 6.07) is 10.6. The molecule has 0 unspecified atom stereocenters. The molecule has 1 aromatic heterocycles. The van der Waals surface area contributed by atoms with Gasteiger partial charge in [0, 0.05) is 17.1 Å². The highest BCUT2D eigenvalue weighted by molar-refractivity contribution is 6.34. The molecule has 0 bridgehead atoms. The number of pyridine rings is 1. The minimum Gasteiger partial charge on any atom is -0.322 e. The van der Waals surface area contributed by atoms with E-state index in [1.165, 1.54) is 24.3 Å². The van der Waals surface area contributed by atoms with Crippen molar-refractivity contribution in [2.45, 2.75) is 6.92 Å². The molecular formula is C17H12ClFN2O2. The van der Waals surface area contributed by atoms with Crippen LogP contribution in [0.3, 0.4) is 0 Å². The van der Waals surface area contributed by atoms with Crippen LogP contribution in [-0.2, 0) is 0 Å². The van der Waals surface area contributed by atoms with Gasteiger partial charge in [0.2, 0.25) is 5.56 Å². The van der Waals surface area contributed by atoms with Crippen LogP contribution in [0.5, 0.6) is 0 Å². The van der Waals surface area contributed by atoms with Crippen molar-refractivity contribution in [3.05, 3.63) is 74.8 Å². The Balaban J connectivity index is 1.98. The maximum absolute atomic E-state index is 13.8. The van der Waals surface area contributed by atoms with Gasteiger partial charge in [-0.25, -0.2) is 4.39 Å². The van der Waals surface area contributed by atoms with E-state index in [1.54, 1.807) is 18.2 Å². The standard InChI is InChI=1S/C17H12ClFN2O2/c1-9-7-15(22)21-14-8-10(5-6-11(9)14)20-17(23)16-12(18)3-2-4-13(16)19/h2-8H,1H3,(H,20,23)(H,21,22). The summed E-state index contributed by atoms with van der Waals surface area (Å²) < 4.78 is 13.8. The van der Waals surface area contributed by atoms with Crippen LogP contribution in [0, 0.1) is 12.7 Å². The number of carbonyl (C=O) groups is 1. The first-order valence-corrected chi connectivity index (χ1v) is 7.22. The summed E-state index contributed by atoms with van der Waals surface area (Å²) in [7, 11) is 0. The van der Waals surface area contributed by atoms with Crippen LogP contribution in [0.15, 0.2) is 47.3 Å². The topological polar surface area (TPSA) is 62.0 Å². The normalized spacial score (nSPS) is 10.7. The molecule has 0 spiro atoms. The molecular weight excluding hydrogens is 319 g/mol. The molecule has 0 aliphatic rings. The van der Waals surface area contributed by atoms with E-state index < -0.39 is 11.7 Å². The quantitative estimate of drug-likeness (QED) is 0.749. The van der Waals surface area contributed by atoms with E-state index in [1.807, 2.05) is 6.92 Å². The summed E-state index contributed by atoms with van der Waals surface area (Å²) in [6.07, 6.45) is 0. The summed E-state index contributed by atoms with van der Waals surface area (Å²) in [6.45, 7) is 1.83. The van der Waals surface area contributed by atoms with Gasteiger partial charge in [-0.3, -0.25) is 9.59 Å². The van der Waals surface area contributed by atoms with Gasteiger partial charge in [0.25, 0.3) is 5.91 Å². The number of benzene rings is 2. The zero-order valence-electron chi connectivity index (χ0n) is 12.1. The molecule has 6 heteroatoms. The molecule has 0 aliphatic heterocycles. The minimum absolute atomic E-state index is 0.0348. The number of nitrogens with one attached hydrogen (secondary N) is 2. The zero-order chi connectivity index (χ0) is 16.6. The highest BCUT2D eigenvalue weighted by Crippen LogP contribution is 2.23. The van der Waals surface area contributed by atoms with Gasteiger partial charge in [0.15, 0.2) is 0 Å². The zero-order valence-corrected chi connectivity index (χ0v) is 12.9. The van der Waals surface area contributed by atoms with Gasteiger partial charge >= 0.3 is 0 Å². The van der Waals surface area contributed by atoms with Gasteiger partial charge in [-0.05, 0) is 36.8 Å². The van der Waals surface area contributed by atoms with Crippen molar-refractivity contribution >= 4 is 34.1 Å². The van der Waals surface area contributed by atoms with Gasteiger partial charge in [0.05, 0.1) is 16.1 Å². The van der Waals surface area contributed by atoms with Gasteiger partial charge in [-0.15, -0.1) is 0 Å². The number of aryl methyl sites for hydroxylation is 1. The predicted octanol–water partition coefficient (Wildman–Crippen LogP) is 3.88. The van der Waals surface area contributed by atoms with Gasteiger partial charge in [-0.1, -0.05) is 23.7 Å². The van der Waals surface area contributed by atoms with Crippen LogP contribution in [-0.4, -0.2) is 10.9 Å². The Kier molecular flexibility index (Phi) is 3.88. The molecule has 1 amide bonds. The lowest BCUT2D eigenvalue weighted by molar-refractivity contribution is 0.102. The van der Waals surface area contributed by atoms with Gasteiger partial charge < -0.3 is 10.3 Å². The Bertz CT molecular complexity index is 962. The molecule has 2 aromatic carbocycles. The number of rotatable bonds is 2. The number of halogens is 2. The number of amides is 1. The molecule has 4 nitrogen and oxygen atoms in total. The second-order valence-corrected chi connectivity index (χ2v) is 5.53. The third-order valence-corrected chi connectivity index (χ3v) is 3.81. The first kappa shape index (κ1) is 15.2. The number of hydrogen-bond acceptors (Lipinski definition) is 2. The van der Waals surface area contributed by atoms with Crippen LogP contribution < -0.4 is 10.9 Å². The first-order chi connectivity index (χ1) is 11.0. The summed E-state index contributed by atoms with van der Waals surface area (Å²) in [5.41, 5.74) is 1.41. The minimum atomic E-state index is -0.694. The smallest absolute Gasteiger partial charge is 0.260 e. The molecule has 0 atom stereocenters. The Morgan fingerprint density at radius 3 is 2.74 bits per heavy atom. The van der Waals surface area contributed by atoms with Crippen LogP contribution in [0.4, 0.5) is 10.1 Å². The van der Waals surface area contributed by atoms with E-state index in [-0.39, 0.29) is 16.1 Å². The lowest BCUT2D eigenvalue weighted by Crippen LogP contribution is -2.14. The average Bonchev–Trinajstić information content (AvgIpc) is 2.46. The molecule has 0 aliphatic carbocycles. The van der Waals surface area contributed by atoms with E-state index in [0.717, 1.165) is 10.9 Å². The van der Waals surface area contributed by atoms with Crippen molar-refractivity contribution in [1.29, 1.82) is 0 Å². The van der Waals surface area contributed by atoms with Crippen LogP contribution in [0.25, 0.3) is 10.9 Å². The number of hydrogen-bond donors (Lipinski definition) is 2. The molecule has 0 saturated carbocycles. The highest BCUT2D eigenvalue weighted by atomic mass is 35.5. The maximum atomic E-state index is 13.8. The van der Waals surface area contributed by atoms with Crippen molar-refractivity contribution in [1.82, 2.24) is 4.98 Å². The third kappa shape index (κ3) is 2.96. The van der Waals surface area contributed by atoms with Gasteiger partial charge in [0.1, 0.15) is 5.82 Å². The second kappa shape index (κ2) is 5.85. The van der Waals surface area contributed by atoms with Crippen LogP contribution >= 0.6 is 11.6 Å². The fourth-order valence-corrected chi connectivity index (χ4v) is 2.67. The van der Waals surface area contributed by atoms with Crippen molar-refractivity contribution in [2.75, 3.05) is 5.32 Å². The maximum Gasteiger partial charge on any atom is 0.260 e. The first-order valence-electron chi connectivity index (χ1n) is 6.85. The van der Waals surface area contributed by atoms with Crippen LogP contribution in [0.2, 0.25) is 5.02 Å².